The first-order valence-corrected chi connectivity index (χ1v) is 9.84. The smallest absolute Gasteiger partial charge is 0.417 e. The Hall–Kier alpha value is -2.07. The summed E-state index contributed by atoms with van der Waals surface area (Å²) in [4.78, 5) is 12.5. The summed E-state index contributed by atoms with van der Waals surface area (Å²) in [5.74, 6) is 0.571. The minimum absolute atomic E-state index is 0.0442. The molecule has 0 amide bonds. The standard InChI is InChI=1S/C17H21ClF3N5OS/c1-3-22-16(23-5-4-13-10-28-11(2)26-13)24-6-7-27-15-14(18)8-12(9-25-15)17(19,20)21/h8-10H,3-7H2,1-2H3,(H2,22,23,24). The molecule has 0 fully saturated rings. The maximum absolute atomic E-state index is 12.6. The lowest BCUT2D eigenvalue weighted by molar-refractivity contribution is -0.137. The van der Waals surface area contributed by atoms with Crippen molar-refractivity contribution in [3.8, 4) is 5.88 Å². The lowest BCUT2D eigenvalue weighted by atomic mass is 10.3. The molecule has 2 heterocycles. The summed E-state index contributed by atoms with van der Waals surface area (Å²) in [5, 5.41) is 9.04. The largest absolute Gasteiger partial charge is 0.475 e. The van der Waals surface area contributed by atoms with Crippen molar-refractivity contribution >= 4 is 28.9 Å². The number of alkyl halides is 3. The number of hydrogen-bond acceptors (Lipinski definition) is 5. The topological polar surface area (TPSA) is 71.4 Å². The van der Waals surface area contributed by atoms with Crippen LogP contribution in [0.15, 0.2) is 22.6 Å². The van der Waals surface area contributed by atoms with Crippen LogP contribution in [-0.4, -0.2) is 42.2 Å². The third-order valence-electron chi connectivity index (χ3n) is 3.42. The molecule has 11 heteroatoms. The van der Waals surface area contributed by atoms with Crippen LogP contribution in [0.3, 0.4) is 0 Å². The van der Waals surface area contributed by atoms with Crippen molar-refractivity contribution in [2.45, 2.75) is 26.4 Å². The Labute approximate surface area is 170 Å². The summed E-state index contributed by atoms with van der Waals surface area (Å²) >= 11 is 7.41. The van der Waals surface area contributed by atoms with Crippen LogP contribution in [-0.2, 0) is 12.6 Å². The zero-order chi connectivity index (χ0) is 20.6. The van der Waals surface area contributed by atoms with Gasteiger partial charge in [0.2, 0.25) is 5.88 Å². The third-order valence-corrected chi connectivity index (χ3v) is 4.51. The number of ether oxygens (including phenoxy) is 1. The molecule has 0 saturated heterocycles. The molecule has 28 heavy (non-hydrogen) atoms. The molecule has 2 N–H and O–H groups in total. The molecule has 0 unspecified atom stereocenters. The average molecular weight is 436 g/mol. The van der Waals surface area contributed by atoms with Gasteiger partial charge < -0.3 is 15.4 Å². The number of hydrogen-bond donors (Lipinski definition) is 2. The summed E-state index contributed by atoms with van der Waals surface area (Å²) in [6.45, 7) is 5.71. The fraction of sp³-hybridized carbons (Fsp3) is 0.471. The van der Waals surface area contributed by atoms with Gasteiger partial charge in [-0.05, 0) is 19.9 Å². The van der Waals surface area contributed by atoms with E-state index in [-0.39, 0.29) is 17.5 Å². The first-order valence-electron chi connectivity index (χ1n) is 8.58. The van der Waals surface area contributed by atoms with E-state index in [2.05, 4.69) is 25.6 Å². The normalized spacial score (nSPS) is 12.1. The average Bonchev–Trinajstić information content (AvgIpc) is 3.04. The van der Waals surface area contributed by atoms with Crippen LogP contribution in [0.1, 0.15) is 23.2 Å². The Morgan fingerprint density at radius 2 is 2.14 bits per heavy atom. The Bertz CT molecular complexity index is 797. The van der Waals surface area contributed by atoms with Crippen molar-refractivity contribution in [3.63, 3.8) is 0 Å². The van der Waals surface area contributed by atoms with E-state index in [9.17, 15) is 13.2 Å². The number of rotatable bonds is 8. The Morgan fingerprint density at radius 3 is 2.75 bits per heavy atom. The summed E-state index contributed by atoms with van der Waals surface area (Å²) < 4.78 is 43.2. The predicted molar refractivity (Wildman–Crippen MR) is 104 cm³/mol. The van der Waals surface area contributed by atoms with Crippen LogP contribution in [0.25, 0.3) is 0 Å². The number of nitrogens with zero attached hydrogens (tertiary/aromatic N) is 3. The highest BCUT2D eigenvalue weighted by atomic mass is 35.5. The molecule has 0 spiro atoms. The molecule has 0 aliphatic carbocycles. The van der Waals surface area contributed by atoms with E-state index >= 15 is 0 Å². The number of guanidine groups is 1. The molecule has 6 nitrogen and oxygen atoms in total. The Kier molecular flexibility index (Phi) is 8.31. The molecule has 0 aliphatic rings. The fourth-order valence-electron chi connectivity index (χ4n) is 2.15. The van der Waals surface area contributed by atoms with Gasteiger partial charge in [0.1, 0.15) is 11.6 Å². The first kappa shape index (κ1) is 22.2. The van der Waals surface area contributed by atoms with Crippen LogP contribution in [0, 0.1) is 6.92 Å². The van der Waals surface area contributed by atoms with Crippen molar-refractivity contribution in [2.24, 2.45) is 4.99 Å². The number of pyridine rings is 1. The van der Waals surface area contributed by atoms with Gasteiger partial charge in [-0.15, -0.1) is 11.3 Å². The highest BCUT2D eigenvalue weighted by molar-refractivity contribution is 7.09. The van der Waals surface area contributed by atoms with Gasteiger partial charge in [-0.3, -0.25) is 4.99 Å². The fourth-order valence-corrected chi connectivity index (χ4v) is 3.02. The quantitative estimate of drug-likeness (QED) is 0.376. The maximum Gasteiger partial charge on any atom is 0.417 e. The Morgan fingerprint density at radius 1 is 1.36 bits per heavy atom. The van der Waals surface area contributed by atoms with Gasteiger partial charge >= 0.3 is 6.18 Å². The number of aryl methyl sites for hydroxylation is 1. The molecule has 0 aliphatic heterocycles. The highest BCUT2D eigenvalue weighted by Crippen LogP contribution is 2.32. The summed E-state index contributed by atoms with van der Waals surface area (Å²) in [6, 6.07) is 0.795. The van der Waals surface area contributed by atoms with Crippen molar-refractivity contribution in [1.82, 2.24) is 20.6 Å². The molecule has 0 saturated carbocycles. The van der Waals surface area contributed by atoms with Crippen molar-refractivity contribution in [1.29, 1.82) is 0 Å². The molecule has 2 aromatic heterocycles. The Balaban J connectivity index is 1.80. The van der Waals surface area contributed by atoms with Crippen LogP contribution < -0.4 is 15.4 Å². The van der Waals surface area contributed by atoms with Crippen LogP contribution in [0.4, 0.5) is 13.2 Å². The minimum Gasteiger partial charge on any atom is -0.475 e. The number of aliphatic imine (C=N–C) groups is 1. The number of thiazole rings is 1. The zero-order valence-corrected chi connectivity index (χ0v) is 17.0. The van der Waals surface area contributed by atoms with E-state index in [4.69, 9.17) is 16.3 Å². The summed E-state index contributed by atoms with van der Waals surface area (Å²) in [5.41, 5.74) is 0.0910. The van der Waals surface area contributed by atoms with Gasteiger partial charge in [-0.25, -0.2) is 9.97 Å². The molecular weight excluding hydrogens is 415 g/mol. The molecule has 2 aromatic rings. The molecular formula is C17H21ClF3N5OS. The number of aromatic nitrogens is 2. The number of nitrogens with one attached hydrogen (secondary N) is 2. The summed E-state index contributed by atoms with van der Waals surface area (Å²) in [7, 11) is 0. The van der Waals surface area contributed by atoms with Crippen molar-refractivity contribution < 1.29 is 17.9 Å². The lowest BCUT2D eigenvalue weighted by Crippen LogP contribution is -2.39. The molecule has 0 radical (unpaired) electrons. The second kappa shape index (κ2) is 10.5. The van der Waals surface area contributed by atoms with Crippen LogP contribution >= 0.6 is 22.9 Å². The van der Waals surface area contributed by atoms with E-state index in [1.165, 1.54) is 0 Å². The van der Waals surface area contributed by atoms with Gasteiger partial charge in [0.05, 0.1) is 22.8 Å². The molecule has 0 bridgehead atoms. The highest BCUT2D eigenvalue weighted by Gasteiger charge is 2.31. The monoisotopic (exact) mass is 435 g/mol. The summed E-state index contributed by atoms with van der Waals surface area (Å²) in [6.07, 6.45) is -3.06. The lowest BCUT2D eigenvalue weighted by Gasteiger charge is -2.13. The van der Waals surface area contributed by atoms with Gasteiger partial charge in [-0.2, -0.15) is 13.2 Å². The second-order valence-electron chi connectivity index (χ2n) is 5.65. The zero-order valence-electron chi connectivity index (χ0n) is 15.4. The van der Waals surface area contributed by atoms with E-state index in [1.807, 2.05) is 19.2 Å². The van der Waals surface area contributed by atoms with Gasteiger partial charge in [-0.1, -0.05) is 11.6 Å². The minimum atomic E-state index is -4.49. The van der Waals surface area contributed by atoms with E-state index < -0.39 is 11.7 Å². The molecule has 0 atom stereocenters. The molecule has 0 aromatic carbocycles. The van der Waals surface area contributed by atoms with E-state index in [0.717, 1.165) is 23.2 Å². The third kappa shape index (κ3) is 7.16. The maximum atomic E-state index is 12.6. The van der Waals surface area contributed by atoms with Gasteiger partial charge in [0.25, 0.3) is 0 Å². The van der Waals surface area contributed by atoms with Gasteiger partial charge in [0.15, 0.2) is 5.96 Å². The van der Waals surface area contributed by atoms with Crippen molar-refractivity contribution in [2.75, 3.05) is 26.2 Å². The molecule has 154 valence electrons. The van der Waals surface area contributed by atoms with Gasteiger partial charge in [0, 0.05) is 31.1 Å². The first-order chi connectivity index (χ1) is 13.3. The van der Waals surface area contributed by atoms with Crippen LogP contribution in [0.5, 0.6) is 5.88 Å². The van der Waals surface area contributed by atoms with E-state index in [0.29, 0.717) is 31.8 Å². The number of halogens is 4. The molecule has 2 rings (SSSR count). The second-order valence-corrected chi connectivity index (χ2v) is 7.12. The van der Waals surface area contributed by atoms with E-state index in [1.54, 1.807) is 11.3 Å². The van der Waals surface area contributed by atoms with Crippen molar-refractivity contribution in [3.05, 3.63) is 38.9 Å². The van der Waals surface area contributed by atoms with Crippen LogP contribution in [0.2, 0.25) is 5.02 Å². The SMILES string of the molecule is CCNC(=NCCc1csc(C)n1)NCCOc1ncc(C(F)(F)F)cc1Cl. The predicted octanol–water partition coefficient (Wildman–Crippen LogP) is 3.70.